The monoisotopic (exact) mass is 365 g/mol. The lowest BCUT2D eigenvalue weighted by molar-refractivity contribution is -0.120. The number of benzene rings is 1. The van der Waals surface area contributed by atoms with Crippen LogP contribution in [0, 0.1) is 13.8 Å². The number of fused-ring (bicyclic) bond motifs is 1. The Morgan fingerprint density at radius 2 is 1.96 bits per heavy atom. The summed E-state index contributed by atoms with van der Waals surface area (Å²) in [5.41, 5.74) is 2.81. The number of rotatable bonds is 3. The van der Waals surface area contributed by atoms with Crippen LogP contribution < -0.4 is 5.32 Å². The van der Waals surface area contributed by atoms with Gasteiger partial charge in [-0.1, -0.05) is 24.3 Å². The highest BCUT2D eigenvalue weighted by molar-refractivity contribution is 7.88. The molecule has 0 fully saturated rings. The van der Waals surface area contributed by atoms with Gasteiger partial charge in [0.15, 0.2) is 5.13 Å². The second-order valence-corrected chi connectivity index (χ2v) is 9.08. The van der Waals surface area contributed by atoms with Crippen LogP contribution in [0.2, 0.25) is 0 Å². The quantitative estimate of drug-likeness (QED) is 0.903. The minimum atomic E-state index is -3.50. The summed E-state index contributed by atoms with van der Waals surface area (Å²) >= 11 is 1.39. The summed E-state index contributed by atoms with van der Waals surface area (Å²) in [5, 5.41) is 3.27. The van der Waals surface area contributed by atoms with Gasteiger partial charge in [0, 0.05) is 11.4 Å². The van der Waals surface area contributed by atoms with E-state index in [2.05, 4.69) is 10.3 Å². The van der Waals surface area contributed by atoms with Crippen LogP contribution in [0.5, 0.6) is 0 Å². The van der Waals surface area contributed by atoms with Crippen LogP contribution in [0.3, 0.4) is 0 Å². The number of sulfonamides is 1. The van der Waals surface area contributed by atoms with Gasteiger partial charge in [-0.25, -0.2) is 13.4 Å². The van der Waals surface area contributed by atoms with E-state index in [0.29, 0.717) is 11.6 Å². The van der Waals surface area contributed by atoms with E-state index in [1.165, 1.54) is 15.6 Å². The van der Waals surface area contributed by atoms with Gasteiger partial charge < -0.3 is 5.32 Å². The van der Waals surface area contributed by atoms with Crippen molar-refractivity contribution < 1.29 is 13.2 Å². The number of amides is 1. The van der Waals surface area contributed by atoms with Crippen LogP contribution in [0.1, 0.15) is 21.7 Å². The molecule has 2 aromatic rings. The standard InChI is InChI=1S/C16H19N3O3S2/c1-10-11(2)23-16(17-10)18-15(20)14-8-12-6-4-5-7-13(12)9-19(14)24(3,21)22/h4-7,14H,8-9H2,1-3H3,(H,17,18,20)/t14-/m1/s1. The van der Waals surface area contributed by atoms with E-state index >= 15 is 0 Å². The highest BCUT2D eigenvalue weighted by Crippen LogP contribution is 2.27. The number of aromatic nitrogens is 1. The molecule has 1 aliphatic heterocycles. The van der Waals surface area contributed by atoms with Gasteiger partial charge in [-0.3, -0.25) is 4.79 Å². The van der Waals surface area contributed by atoms with E-state index in [0.717, 1.165) is 28.0 Å². The van der Waals surface area contributed by atoms with Crippen molar-refractivity contribution in [3.63, 3.8) is 0 Å². The summed E-state index contributed by atoms with van der Waals surface area (Å²) < 4.78 is 25.6. The predicted molar refractivity (Wildman–Crippen MR) is 94.5 cm³/mol. The topological polar surface area (TPSA) is 79.4 Å². The lowest BCUT2D eigenvalue weighted by Crippen LogP contribution is -2.50. The number of nitrogens with one attached hydrogen (secondary N) is 1. The number of anilines is 1. The first-order chi connectivity index (χ1) is 11.3. The van der Waals surface area contributed by atoms with Crippen molar-refractivity contribution in [2.45, 2.75) is 32.9 Å². The summed E-state index contributed by atoms with van der Waals surface area (Å²) in [6.45, 7) is 4.02. The second-order valence-electron chi connectivity index (χ2n) is 5.95. The largest absolute Gasteiger partial charge is 0.301 e. The van der Waals surface area contributed by atoms with E-state index in [4.69, 9.17) is 0 Å². The van der Waals surface area contributed by atoms with Crippen molar-refractivity contribution in [3.8, 4) is 0 Å². The first-order valence-corrected chi connectivity index (χ1v) is 10.2. The molecule has 3 rings (SSSR count). The lowest BCUT2D eigenvalue weighted by Gasteiger charge is -2.33. The Hall–Kier alpha value is -1.77. The van der Waals surface area contributed by atoms with Gasteiger partial charge >= 0.3 is 0 Å². The molecule has 0 aliphatic carbocycles. The summed E-state index contributed by atoms with van der Waals surface area (Å²) in [5.74, 6) is -0.344. The zero-order valence-electron chi connectivity index (χ0n) is 13.7. The van der Waals surface area contributed by atoms with Crippen molar-refractivity contribution >= 4 is 32.4 Å². The fraction of sp³-hybridized carbons (Fsp3) is 0.375. The molecular weight excluding hydrogens is 346 g/mol. The first kappa shape index (κ1) is 17.1. The zero-order chi connectivity index (χ0) is 17.5. The third-order valence-electron chi connectivity index (χ3n) is 4.19. The Kier molecular flexibility index (Phi) is 4.46. The first-order valence-electron chi connectivity index (χ1n) is 7.54. The van der Waals surface area contributed by atoms with Crippen molar-refractivity contribution in [1.82, 2.24) is 9.29 Å². The smallest absolute Gasteiger partial charge is 0.244 e. The number of carbonyl (C=O) groups is 1. The molecule has 1 aromatic heterocycles. The molecule has 0 bridgehead atoms. The SMILES string of the molecule is Cc1nc(NC(=O)[C@H]2Cc3ccccc3CN2S(C)(=O)=O)sc1C. The van der Waals surface area contributed by atoms with E-state index in [1.54, 1.807) is 0 Å². The number of hydrogen-bond donors (Lipinski definition) is 1. The number of hydrogen-bond acceptors (Lipinski definition) is 5. The molecule has 0 radical (unpaired) electrons. The molecule has 1 aliphatic rings. The fourth-order valence-electron chi connectivity index (χ4n) is 2.79. The number of nitrogens with zero attached hydrogens (tertiary/aromatic N) is 2. The molecule has 1 aromatic carbocycles. The number of carbonyl (C=O) groups excluding carboxylic acids is 1. The molecule has 1 N–H and O–H groups in total. The van der Waals surface area contributed by atoms with Crippen LogP contribution in [0.15, 0.2) is 24.3 Å². The van der Waals surface area contributed by atoms with Crippen molar-refractivity contribution in [3.05, 3.63) is 46.0 Å². The maximum absolute atomic E-state index is 12.7. The summed E-state index contributed by atoms with van der Waals surface area (Å²) in [7, 11) is -3.50. The molecule has 0 spiro atoms. The minimum absolute atomic E-state index is 0.211. The third-order valence-corrected chi connectivity index (χ3v) is 6.42. The van der Waals surface area contributed by atoms with E-state index < -0.39 is 16.1 Å². The van der Waals surface area contributed by atoms with Gasteiger partial charge in [-0.05, 0) is 31.4 Å². The van der Waals surface area contributed by atoms with Crippen LogP contribution in [0.25, 0.3) is 0 Å². The van der Waals surface area contributed by atoms with Gasteiger partial charge in [-0.2, -0.15) is 4.31 Å². The van der Waals surface area contributed by atoms with Crippen molar-refractivity contribution in [2.24, 2.45) is 0 Å². The summed E-state index contributed by atoms with van der Waals surface area (Å²) in [6.07, 6.45) is 1.50. The maximum atomic E-state index is 12.7. The third kappa shape index (κ3) is 3.35. The molecule has 8 heteroatoms. The van der Waals surface area contributed by atoms with Crippen LogP contribution in [0.4, 0.5) is 5.13 Å². The van der Waals surface area contributed by atoms with E-state index in [1.807, 2.05) is 38.1 Å². The molecule has 0 saturated carbocycles. The molecule has 2 heterocycles. The summed E-state index contributed by atoms with van der Waals surface area (Å²) in [6, 6.07) is 6.85. The van der Waals surface area contributed by atoms with Crippen LogP contribution in [-0.4, -0.2) is 35.9 Å². The predicted octanol–water partition coefficient (Wildman–Crippen LogP) is 2.08. The summed E-state index contributed by atoms with van der Waals surface area (Å²) in [4.78, 5) is 18.0. The fourth-order valence-corrected chi connectivity index (χ4v) is 4.61. The van der Waals surface area contributed by atoms with Gasteiger partial charge in [0.25, 0.3) is 0 Å². The molecule has 1 amide bonds. The average Bonchev–Trinajstić information content (AvgIpc) is 2.83. The highest BCUT2D eigenvalue weighted by Gasteiger charge is 2.37. The van der Waals surface area contributed by atoms with Gasteiger partial charge in [0.2, 0.25) is 15.9 Å². The molecule has 0 saturated heterocycles. The minimum Gasteiger partial charge on any atom is -0.301 e. The highest BCUT2D eigenvalue weighted by atomic mass is 32.2. The zero-order valence-corrected chi connectivity index (χ0v) is 15.4. The average molecular weight is 365 g/mol. The Bertz CT molecular complexity index is 870. The van der Waals surface area contributed by atoms with Gasteiger partial charge in [-0.15, -0.1) is 11.3 Å². The van der Waals surface area contributed by atoms with Gasteiger partial charge in [0.1, 0.15) is 6.04 Å². The molecule has 0 unspecified atom stereocenters. The second kappa shape index (κ2) is 6.27. The maximum Gasteiger partial charge on any atom is 0.244 e. The van der Waals surface area contributed by atoms with E-state index in [9.17, 15) is 13.2 Å². The Balaban J connectivity index is 1.90. The molecular formula is C16H19N3O3S2. The number of aryl methyl sites for hydroxylation is 2. The normalized spacial score (nSPS) is 18.2. The molecule has 6 nitrogen and oxygen atoms in total. The van der Waals surface area contributed by atoms with E-state index in [-0.39, 0.29) is 12.5 Å². The molecule has 1 atom stereocenters. The van der Waals surface area contributed by atoms with Crippen LogP contribution in [-0.2, 0) is 27.8 Å². The van der Waals surface area contributed by atoms with Crippen molar-refractivity contribution in [2.75, 3.05) is 11.6 Å². The molecule has 24 heavy (non-hydrogen) atoms. The van der Waals surface area contributed by atoms with Gasteiger partial charge in [0.05, 0.1) is 11.9 Å². The Labute approximate surface area is 145 Å². The van der Waals surface area contributed by atoms with Crippen LogP contribution >= 0.6 is 11.3 Å². The Morgan fingerprint density at radius 3 is 2.54 bits per heavy atom. The van der Waals surface area contributed by atoms with Crippen molar-refractivity contribution in [1.29, 1.82) is 0 Å². The lowest BCUT2D eigenvalue weighted by atomic mass is 9.95. The Morgan fingerprint density at radius 1 is 1.29 bits per heavy atom. The number of thiazole rings is 1. The molecule has 128 valence electrons.